The van der Waals surface area contributed by atoms with Gasteiger partial charge < -0.3 is 19.5 Å². The maximum Gasteiger partial charge on any atom is 0.230 e. The zero-order valence-corrected chi connectivity index (χ0v) is 11.1. The fourth-order valence-corrected chi connectivity index (χ4v) is 3.69. The van der Waals surface area contributed by atoms with E-state index in [4.69, 9.17) is 4.74 Å². The van der Waals surface area contributed by atoms with Crippen molar-refractivity contribution in [2.24, 2.45) is 11.8 Å². The van der Waals surface area contributed by atoms with Gasteiger partial charge >= 0.3 is 0 Å². The molecule has 1 amide bonds. The molecule has 0 saturated carbocycles. The fourth-order valence-electron chi connectivity index (χ4n) is 3.69. The number of aromatic nitrogens is 1. The molecule has 0 N–H and O–H groups in total. The van der Waals surface area contributed by atoms with Crippen LogP contribution in [0.15, 0.2) is 36.7 Å². The lowest BCUT2D eigenvalue weighted by Gasteiger charge is -2.24. The van der Waals surface area contributed by atoms with E-state index in [-0.39, 0.29) is 5.91 Å². The van der Waals surface area contributed by atoms with Gasteiger partial charge in [0.1, 0.15) is 5.60 Å². The third-order valence-electron chi connectivity index (χ3n) is 4.55. The Labute approximate surface area is 121 Å². The SMILES string of the molecule is O=C([O-])[C@@H]1[C@H]2C(=O)N(Cc3cccnc3)C[C@]23C=C[C@H]1O3. The molecule has 2 bridgehead atoms. The van der Waals surface area contributed by atoms with E-state index >= 15 is 0 Å². The van der Waals surface area contributed by atoms with Gasteiger partial charge in [0, 0.05) is 30.8 Å². The van der Waals surface area contributed by atoms with E-state index in [1.807, 2.05) is 12.1 Å². The average molecular weight is 285 g/mol. The molecule has 0 unspecified atom stereocenters. The lowest BCUT2D eigenvalue weighted by atomic mass is 9.77. The molecule has 0 aromatic carbocycles. The number of carboxylic acids is 1. The summed E-state index contributed by atoms with van der Waals surface area (Å²) >= 11 is 0. The van der Waals surface area contributed by atoms with E-state index in [0.29, 0.717) is 13.1 Å². The Morgan fingerprint density at radius 3 is 3.14 bits per heavy atom. The van der Waals surface area contributed by atoms with E-state index in [0.717, 1.165) is 5.56 Å². The van der Waals surface area contributed by atoms with Gasteiger partial charge in [0.15, 0.2) is 0 Å². The number of amides is 1. The van der Waals surface area contributed by atoms with Gasteiger partial charge in [0.2, 0.25) is 5.91 Å². The average Bonchev–Trinajstić information content (AvgIpc) is 3.09. The molecule has 108 valence electrons. The van der Waals surface area contributed by atoms with Gasteiger partial charge in [-0.05, 0) is 11.6 Å². The molecule has 21 heavy (non-hydrogen) atoms. The summed E-state index contributed by atoms with van der Waals surface area (Å²) in [7, 11) is 0. The van der Waals surface area contributed by atoms with Gasteiger partial charge in [-0.3, -0.25) is 9.78 Å². The third-order valence-corrected chi connectivity index (χ3v) is 4.55. The highest BCUT2D eigenvalue weighted by Crippen LogP contribution is 2.51. The van der Waals surface area contributed by atoms with Crippen LogP contribution in [0.3, 0.4) is 0 Å². The van der Waals surface area contributed by atoms with Crippen LogP contribution < -0.4 is 5.11 Å². The second-order valence-electron chi connectivity index (χ2n) is 5.77. The van der Waals surface area contributed by atoms with Crippen molar-refractivity contribution in [1.29, 1.82) is 0 Å². The van der Waals surface area contributed by atoms with Crippen LogP contribution in [0.4, 0.5) is 0 Å². The van der Waals surface area contributed by atoms with Crippen molar-refractivity contribution in [1.82, 2.24) is 9.88 Å². The van der Waals surface area contributed by atoms with Crippen molar-refractivity contribution in [3.8, 4) is 0 Å². The maximum absolute atomic E-state index is 12.6. The van der Waals surface area contributed by atoms with Gasteiger partial charge in [-0.15, -0.1) is 0 Å². The number of hydrogen-bond donors (Lipinski definition) is 0. The molecule has 6 heteroatoms. The van der Waals surface area contributed by atoms with Crippen molar-refractivity contribution < 1.29 is 19.4 Å². The van der Waals surface area contributed by atoms with Crippen LogP contribution in [-0.2, 0) is 20.9 Å². The van der Waals surface area contributed by atoms with E-state index in [1.54, 1.807) is 29.4 Å². The third kappa shape index (κ3) is 1.65. The molecule has 6 nitrogen and oxygen atoms in total. The van der Waals surface area contributed by atoms with Crippen LogP contribution in [0.5, 0.6) is 0 Å². The number of carbonyl (C=O) groups is 2. The number of hydrogen-bond acceptors (Lipinski definition) is 5. The molecule has 4 atom stereocenters. The lowest BCUT2D eigenvalue weighted by Crippen LogP contribution is -2.45. The van der Waals surface area contributed by atoms with Crippen molar-refractivity contribution in [2.45, 2.75) is 18.2 Å². The van der Waals surface area contributed by atoms with Crippen LogP contribution in [0.2, 0.25) is 0 Å². The number of fused-ring (bicyclic) bond motifs is 1. The molecule has 2 fully saturated rings. The van der Waals surface area contributed by atoms with Gasteiger partial charge in [-0.2, -0.15) is 0 Å². The van der Waals surface area contributed by atoms with Crippen molar-refractivity contribution in [3.05, 3.63) is 42.2 Å². The van der Waals surface area contributed by atoms with Crippen LogP contribution >= 0.6 is 0 Å². The molecule has 3 aliphatic rings. The minimum Gasteiger partial charge on any atom is -0.550 e. The molecule has 2 saturated heterocycles. The second kappa shape index (κ2) is 4.14. The Kier molecular flexibility index (Phi) is 2.47. The first kappa shape index (κ1) is 12.5. The standard InChI is InChI=1S/C15H14N2O4/c18-13-12-11(14(19)20)10-3-4-15(12,21-10)8-17(13)7-9-2-1-5-16-6-9/h1-6,10-12H,7-8H2,(H,19,20)/p-1/t10-,11+,12+,15-/m1/s1. The molecule has 0 radical (unpaired) electrons. The summed E-state index contributed by atoms with van der Waals surface area (Å²) in [5.74, 6) is -2.96. The summed E-state index contributed by atoms with van der Waals surface area (Å²) in [5.41, 5.74) is 0.111. The fraction of sp³-hybridized carbons (Fsp3) is 0.400. The Balaban J connectivity index is 1.63. The molecular weight excluding hydrogens is 272 g/mol. The molecule has 0 aliphatic carbocycles. The molecule has 4 rings (SSSR count). The highest BCUT2D eigenvalue weighted by molar-refractivity contribution is 5.90. The van der Waals surface area contributed by atoms with Crippen LogP contribution in [0.1, 0.15) is 5.56 Å². The second-order valence-corrected chi connectivity index (χ2v) is 5.77. The summed E-state index contributed by atoms with van der Waals surface area (Å²) in [6.07, 6.45) is 6.40. The number of carboxylic acid groups (broad SMARTS) is 1. The number of nitrogens with zero attached hydrogens (tertiary/aromatic N) is 2. The summed E-state index contributed by atoms with van der Waals surface area (Å²) in [4.78, 5) is 29.6. The van der Waals surface area contributed by atoms with Gasteiger partial charge in [0.05, 0.1) is 18.6 Å². The van der Waals surface area contributed by atoms with Crippen molar-refractivity contribution in [3.63, 3.8) is 0 Å². The summed E-state index contributed by atoms with van der Waals surface area (Å²) in [6.45, 7) is 0.786. The number of aliphatic carboxylic acids is 1. The van der Waals surface area contributed by atoms with E-state index in [1.165, 1.54) is 0 Å². The summed E-state index contributed by atoms with van der Waals surface area (Å²) in [6, 6.07) is 3.69. The van der Waals surface area contributed by atoms with E-state index in [2.05, 4.69) is 4.98 Å². The molecule has 4 heterocycles. The smallest absolute Gasteiger partial charge is 0.230 e. The van der Waals surface area contributed by atoms with E-state index < -0.39 is 29.5 Å². The number of carbonyl (C=O) groups excluding carboxylic acids is 2. The van der Waals surface area contributed by atoms with Crippen molar-refractivity contribution in [2.75, 3.05) is 6.54 Å². The first-order valence-corrected chi connectivity index (χ1v) is 6.86. The van der Waals surface area contributed by atoms with Crippen molar-refractivity contribution >= 4 is 11.9 Å². The summed E-state index contributed by atoms with van der Waals surface area (Å²) in [5, 5.41) is 11.3. The summed E-state index contributed by atoms with van der Waals surface area (Å²) < 4.78 is 5.79. The minimum absolute atomic E-state index is 0.181. The Bertz CT molecular complexity index is 644. The topological polar surface area (TPSA) is 82.6 Å². The Hall–Kier alpha value is -2.21. The monoisotopic (exact) mass is 285 g/mol. The largest absolute Gasteiger partial charge is 0.550 e. The van der Waals surface area contributed by atoms with Gasteiger partial charge in [-0.25, -0.2) is 0 Å². The molecular formula is C15H13N2O4-. The first-order valence-electron chi connectivity index (χ1n) is 6.86. The maximum atomic E-state index is 12.6. The lowest BCUT2D eigenvalue weighted by molar-refractivity contribution is -0.313. The van der Waals surface area contributed by atoms with Crippen LogP contribution in [0, 0.1) is 11.8 Å². The minimum atomic E-state index is -1.21. The first-order chi connectivity index (χ1) is 10.1. The Morgan fingerprint density at radius 1 is 1.57 bits per heavy atom. The van der Waals surface area contributed by atoms with Crippen LogP contribution in [0.25, 0.3) is 0 Å². The number of ether oxygens (including phenoxy) is 1. The molecule has 3 aliphatic heterocycles. The normalized spacial score (nSPS) is 36.3. The van der Waals surface area contributed by atoms with E-state index in [9.17, 15) is 14.7 Å². The quantitative estimate of drug-likeness (QED) is 0.673. The zero-order valence-electron chi connectivity index (χ0n) is 11.1. The zero-order chi connectivity index (χ0) is 14.6. The molecule has 1 aromatic heterocycles. The molecule has 1 spiro atoms. The molecule has 1 aromatic rings. The van der Waals surface area contributed by atoms with Gasteiger partial charge in [-0.1, -0.05) is 18.2 Å². The van der Waals surface area contributed by atoms with Gasteiger partial charge in [0.25, 0.3) is 0 Å². The highest BCUT2D eigenvalue weighted by atomic mass is 16.5. The highest BCUT2D eigenvalue weighted by Gasteiger charge is 2.65. The number of rotatable bonds is 3. The van der Waals surface area contributed by atoms with Crippen LogP contribution in [-0.4, -0.2) is 40.0 Å². The number of likely N-dealkylation sites (tertiary alicyclic amines) is 1. The number of pyridine rings is 1. The predicted molar refractivity (Wildman–Crippen MR) is 68.4 cm³/mol. The predicted octanol–water partition coefficient (Wildman–Crippen LogP) is -0.886. The Morgan fingerprint density at radius 2 is 2.43 bits per heavy atom.